The number of thiophene rings is 1. The zero-order chi connectivity index (χ0) is 19.9. The molecule has 146 valence electrons. The van der Waals surface area contributed by atoms with Crippen molar-refractivity contribution in [3.8, 4) is 0 Å². The maximum atomic E-state index is 13.2. The zero-order valence-electron chi connectivity index (χ0n) is 15.4. The summed E-state index contributed by atoms with van der Waals surface area (Å²) in [5.74, 6) is -0.607. The monoisotopic (exact) mass is 417 g/mol. The lowest BCUT2D eigenvalue weighted by molar-refractivity contribution is -0.139. The Kier molecular flexibility index (Phi) is 4.89. The lowest BCUT2D eigenvalue weighted by Crippen LogP contribution is -2.44. The Balaban J connectivity index is 1.51. The molecule has 8 heteroatoms. The second-order valence-corrected chi connectivity index (χ2v) is 8.80. The van der Waals surface area contributed by atoms with Crippen molar-refractivity contribution in [2.24, 2.45) is 0 Å². The molecule has 1 saturated heterocycles. The SMILES string of the molecule is CCN(Cc1ccc(Cl)s1)C(=O)CN1C(=O)NC2(CCc3ccccc32)C1=O. The van der Waals surface area contributed by atoms with E-state index in [1.165, 1.54) is 11.3 Å². The molecule has 1 fully saturated rings. The van der Waals surface area contributed by atoms with Gasteiger partial charge in [-0.1, -0.05) is 35.9 Å². The summed E-state index contributed by atoms with van der Waals surface area (Å²) in [5, 5.41) is 2.85. The average molecular weight is 418 g/mol. The quantitative estimate of drug-likeness (QED) is 0.760. The summed E-state index contributed by atoms with van der Waals surface area (Å²) in [6.07, 6.45) is 1.25. The first-order valence-corrected chi connectivity index (χ1v) is 10.4. The summed E-state index contributed by atoms with van der Waals surface area (Å²) in [7, 11) is 0. The van der Waals surface area contributed by atoms with Crippen LogP contribution in [0.2, 0.25) is 4.34 Å². The van der Waals surface area contributed by atoms with Crippen LogP contribution in [-0.2, 0) is 28.1 Å². The van der Waals surface area contributed by atoms with Crippen molar-refractivity contribution in [1.29, 1.82) is 0 Å². The normalized spacial score (nSPS) is 20.6. The molecular weight excluding hydrogens is 398 g/mol. The number of imide groups is 1. The molecular formula is C20H20ClN3O3S. The minimum Gasteiger partial charge on any atom is -0.336 e. The molecule has 1 N–H and O–H groups in total. The highest BCUT2D eigenvalue weighted by Crippen LogP contribution is 2.41. The molecule has 2 aliphatic rings. The Labute approximate surface area is 172 Å². The van der Waals surface area contributed by atoms with Crippen LogP contribution in [0.4, 0.5) is 4.79 Å². The minimum atomic E-state index is -1.04. The zero-order valence-corrected chi connectivity index (χ0v) is 17.0. The van der Waals surface area contributed by atoms with Crippen LogP contribution in [0.5, 0.6) is 0 Å². The van der Waals surface area contributed by atoms with E-state index in [0.717, 1.165) is 27.3 Å². The van der Waals surface area contributed by atoms with Crippen LogP contribution in [0.3, 0.4) is 0 Å². The summed E-state index contributed by atoms with van der Waals surface area (Å²) < 4.78 is 0.662. The van der Waals surface area contributed by atoms with Crippen LogP contribution in [0.25, 0.3) is 0 Å². The van der Waals surface area contributed by atoms with E-state index in [4.69, 9.17) is 11.6 Å². The number of rotatable bonds is 5. The van der Waals surface area contributed by atoms with E-state index in [0.29, 0.717) is 23.8 Å². The number of benzene rings is 1. The number of hydrogen-bond donors (Lipinski definition) is 1. The molecule has 1 spiro atoms. The molecule has 1 unspecified atom stereocenters. The van der Waals surface area contributed by atoms with Gasteiger partial charge in [-0.2, -0.15) is 0 Å². The number of hydrogen-bond acceptors (Lipinski definition) is 4. The molecule has 0 saturated carbocycles. The number of carbonyl (C=O) groups excluding carboxylic acids is 3. The molecule has 1 aromatic heterocycles. The van der Waals surface area contributed by atoms with Crippen LogP contribution >= 0.6 is 22.9 Å². The van der Waals surface area contributed by atoms with E-state index in [1.54, 1.807) is 11.0 Å². The average Bonchev–Trinajstić information content (AvgIpc) is 3.33. The van der Waals surface area contributed by atoms with Crippen molar-refractivity contribution in [3.63, 3.8) is 0 Å². The van der Waals surface area contributed by atoms with Crippen molar-refractivity contribution in [2.75, 3.05) is 13.1 Å². The van der Waals surface area contributed by atoms with Crippen LogP contribution in [0.15, 0.2) is 36.4 Å². The first-order valence-electron chi connectivity index (χ1n) is 9.19. The number of nitrogens with one attached hydrogen (secondary N) is 1. The summed E-state index contributed by atoms with van der Waals surface area (Å²) >= 11 is 7.37. The maximum absolute atomic E-state index is 13.2. The highest BCUT2D eigenvalue weighted by molar-refractivity contribution is 7.16. The van der Waals surface area contributed by atoms with Gasteiger partial charge in [0.05, 0.1) is 10.9 Å². The van der Waals surface area contributed by atoms with Gasteiger partial charge in [0.1, 0.15) is 12.1 Å². The molecule has 1 atom stereocenters. The highest BCUT2D eigenvalue weighted by atomic mass is 35.5. The van der Waals surface area contributed by atoms with Gasteiger partial charge in [0.25, 0.3) is 5.91 Å². The van der Waals surface area contributed by atoms with Crippen LogP contribution < -0.4 is 5.32 Å². The van der Waals surface area contributed by atoms with E-state index >= 15 is 0 Å². The van der Waals surface area contributed by atoms with E-state index in [1.807, 2.05) is 37.3 Å². The summed E-state index contributed by atoms with van der Waals surface area (Å²) in [5.41, 5.74) is 0.865. The van der Waals surface area contributed by atoms with Crippen LogP contribution in [-0.4, -0.2) is 40.7 Å². The smallest absolute Gasteiger partial charge is 0.325 e. The number of fused-ring (bicyclic) bond motifs is 2. The van der Waals surface area contributed by atoms with E-state index in [9.17, 15) is 14.4 Å². The molecule has 2 aromatic rings. The van der Waals surface area contributed by atoms with Gasteiger partial charge in [-0.3, -0.25) is 14.5 Å². The molecule has 28 heavy (non-hydrogen) atoms. The van der Waals surface area contributed by atoms with E-state index < -0.39 is 11.6 Å². The number of carbonyl (C=O) groups is 3. The van der Waals surface area contributed by atoms with Crippen molar-refractivity contribution in [3.05, 3.63) is 56.7 Å². The topological polar surface area (TPSA) is 69.7 Å². The summed E-state index contributed by atoms with van der Waals surface area (Å²) in [6, 6.07) is 10.8. The van der Waals surface area contributed by atoms with Crippen molar-refractivity contribution in [1.82, 2.24) is 15.1 Å². The van der Waals surface area contributed by atoms with Gasteiger partial charge in [-0.05, 0) is 43.0 Å². The number of nitrogens with zero attached hydrogens (tertiary/aromatic N) is 2. The predicted octanol–water partition coefficient (Wildman–Crippen LogP) is 3.14. The second-order valence-electron chi connectivity index (χ2n) is 7.00. The number of aryl methyl sites for hydroxylation is 1. The van der Waals surface area contributed by atoms with Gasteiger partial charge >= 0.3 is 6.03 Å². The lowest BCUT2D eigenvalue weighted by Gasteiger charge is -2.24. The van der Waals surface area contributed by atoms with Gasteiger partial charge in [-0.25, -0.2) is 4.79 Å². The Hall–Kier alpha value is -2.38. The lowest BCUT2D eigenvalue weighted by atomic mass is 9.92. The summed E-state index contributed by atoms with van der Waals surface area (Å²) in [6.45, 7) is 2.49. The third-order valence-corrected chi connectivity index (χ3v) is 6.64. The molecule has 0 radical (unpaired) electrons. The van der Waals surface area contributed by atoms with Crippen molar-refractivity contribution in [2.45, 2.75) is 31.8 Å². The fraction of sp³-hybridized carbons (Fsp3) is 0.350. The fourth-order valence-electron chi connectivity index (χ4n) is 3.97. The first kappa shape index (κ1) is 19.0. The van der Waals surface area contributed by atoms with E-state index in [2.05, 4.69) is 5.32 Å². The molecule has 4 amide bonds. The van der Waals surface area contributed by atoms with Gasteiger partial charge in [-0.15, -0.1) is 11.3 Å². The Morgan fingerprint density at radius 1 is 1.29 bits per heavy atom. The van der Waals surface area contributed by atoms with Crippen LogP contribution in [0, 0.1) is 0 Å². The Morgan fingerprint density at radius 3 is 2.79 bits per heavy atom. The van der Waals surface area contributed by atoms with Gasteiger partial charge in [0.15, 0.2) is 0 Å². The minimum absolute atomic E-state index is 0.262. The molecule has 1 aromatic carbocycles. The molecule has 6 nitrogen and oxygen atoms in total. The summed E-state index contributed by atoms with van der Waals surface area (Å²) in [4.78, 5) is 42.2. The Morgan fingerprint density at radius 2 is 2.07 bits per heavy atom. The van der Waals surface area contributed by atoms with Crippen molar-refractivity contribution < 1.29 is 14.4 Å². The van der Waals surface area contributed by atoms with Gasteiger partial charge in [0.2, 0.25) is 5.91 Å². The third-order valence-electron chi connectivity index (χ3n) is 5.43. The maximum Gasteiger partial charge on any atom is 0.325 e. The molecule has 1 aliphatic heterocycles. The van der Waals surface area contributed by atoms with Crippen molar-refractivity contribution >= 4 is 40.8 Å². The van der Waals surface area contributed by atoms with E-state index in [-0.39, 0.29) is 18.4 Å². The van der Waals surface area contributed by atoms with Gasteiger partial charge < -0.3 is 10.2 Å². The second kappa shape index (κ2) is 7.22. The molecule has 4 rings (SSSR count). The molecule has 1 aliphatic carbocycles. The molecule has 2 heterocycles. The fourth-order valence-corrected chi connectivity index (χ4v) is 5.07. The third kappa shape index (κ3) is 3.08. The molecule has 0 bridgehead atoms. The number of likely N-dealkylation sites (N-methyl/N-ethyl adjacent to an activating group) is 1. The predicted molar refractivity (Wildman–Crippen MR) is 107 cm³/mol. The van der Waals surface area contributed by atoms with Gasteiger partial charge in [0, 0.05) is 11.4 Å². The van der Waals surface area contributed by atoms with Crippen LogP contribution in [0.1, 0.15) is 29.3 Å². The first-order chi connectivity index (χ1) is 13.4. The number of halogens is 1. The Bertz CT molecular complexity index is 960. The largest absolute Gasteiger partial charge is 0.336 e. The number of urea groups is 1. The number of amides is 4. The standard InChI is InChI=1S/C20H20ClN3O3S/c1-2-23(11-14-7-8-16(21)28-14)17(25)12-24-18(26)20(22-19(24)27)10-9-13-5-3-4-6-15(13)20/h3-8H,2,9-12H2,1H3,(H,22,27). The highest BCUT2D eigenvalue weighted by Gasteiger charge is 2.55.